The molecule has 0 aliphatic heterocycles. The zero-order valence-electron chi connectivity index (χ0n) is 8.60. The summed E-state index contributed by atoms with van der Waals surface area (Å²) in [5.74, 6) is 0.837. The van der Waals surface area contributed by atoms with Crippen LogP contribution in [0.25, 0.3) is 10.9 Å². The maximum Gasteiger partial charge on any atom is 0.150 e. The van der Waals surface area contributed by atoms with Crippen molar-refractivity contribution in [3.05, 3.63) is 29.1 Å². The number of anilines is 1. The predicted octanol–water partition coefficient (Wildman–Crippen LogP) is 1.15. The van der Waals surface area contributed by atoms with Crippen LogP contribution in [0, 0.1) is 6.92 Å². The fraction of sp³-hybridized carbons (Fsp3) is 0.0909. The van der Waals surface area contributed by atoms with E-state index in [2.05, 4.69) is 9.97 Å². The van der Waals surface area contributed by atoms with Gasteiger partial charge in [0, 0.05) is 16.5 Å². The smallest absolute Gasteiger partial charge is 0.150 e. The second kappa shape index (κ2) is 3.69. The summed E-state index contributed by atoms with van der Waals surface area (Å²) >= 11 is 0. The van der Waals surface area contributed by atoms with Crippen LogP contribution < -0.4 is 5.73 Å². The highest BCUT2D eigenvalue weighted by Gasteiger charge is 2.08. The molecule has 16 heavy (non-hydrogen) atoms. The van der Waals surface area contributed by atoms with Gasteiger partial charge in [-0.3, -0.25) is 9.59 Å². The van der Waals surface area contributed by atoms with Gasteiger partial charge in [-0.15, -0.1) is 0 Å². The summed E-state index contributed by atoms with van der Waals surface area (Å²) in [6, 6.07) is 3.07. The van der Waals surface area contributed by atoms with Crippen LogP contribution >= 0.6 is 0 Å². The first-order chi connectivity index (χ1) is 7.65. The second-order valence-corrected chi connectivity index (χ2v) is 3.39. The first kappa shape index (κ1) is 10.2. The molecule has 0 bridgehead atoms. The topological polar surface area (TPSA) is 85.9 Å². The van der Waals surface area contributed by atoms with Crippen LogP contribution in [0.1, 0.15) is 26.5 Å². The first-order valence-corrected chi connectivity index (χ1v) is 4.64. The van der Waals surface area contributed by atoms with Gasteiger partial charge in [0.15, 0.2) is 12.6 Å². The number of hydrogen-bond donors (Lipinski definition) is 1. The van der Waals surface area contributed by atoms with E-state index in [4.69, 9.17) is 5.73 Å². The molecule has 0 saturated heterocycles. The van der Waals surface area contributed by atoms with E-state index in [0.717, 1.165) is 0 Å². The van der Waals surface area contributed by atoms with Gasteiger partial charge in [-0.05, 0) is 19.1 Å². The number of carbonyl (C=O) groups excluding carboxylic acids is 2. The molecule has 0 amide bonds. The molecule has 0 saturated carbocycles. The number of benzene rings is 1. The summed E-state index contributed by atoms with van der Waals surface area (Å²) in [6.07, 6.45) is 1.24. The largest absolute Gasteiger partial charge is 0.383 e. The summed E-state index contributed by atoms with van der Waals surface area (Å²) in [5, 5.41) is 0.582. The molecule has 0 unspecified atom stereocenters. The number of aldehydes is 2. The van der Waals surface area contributed by atoms with Crippen LogP contribution in [-0.2, 0) is 0 Å². The minimum atomic E-state index is 0.293. The van der Waals surface area contributed by atoms with E-state index in [1.54, 1.807) is 6.92 Å². The SMILES string of the molecule is Cc1nc(N)c2cc(C=O)c(C=O)cc2n1. The lowest BCUT2D eigenvalue weighted by Gasteiger charge is -2.04. The van der Waals surface area contributed by atoms with Crippen LogP contribution in [-0.4, -0.2) is 22.5 Å². The van der Waals surface area contributed by atoms with E-state index in [1.807, 2.05) is 0 Å². The average molecular weight is 215 g/mol. The van der Waals surface area contributed by atoms with E-state index < -0.39 is 0 Å². The Morgan fingerprint density at radius 2 is 1.75 bits per heavy atom. The third-order valence-corrected chi connectivity index (χ3v) is 2.30. The third-order valence-electron chi connectivity index (χ3n) is 2.30. The lowest BCUT2D eigenvalue weighted by molar-refractivity contribution is 0.109. The lowest BCUT2D eigenvalue weighted by Crippen LogP contribution is -2.00. The molecule has 0 aliphatic carbocycles. The molecule has 0 spiro atoms. The van der Waals surface area contributed by atoms with Gasteiger partial charge in [0.1, 0.15) is 11.6 Å². The molecule has 80 valence electrons. The van der Waals surface area contributed by atoms with E-state index in [-0.39, 0.29) is 0 Å². The van der Waals surface area contributed by atoms with Gasteiger partial charge < -0.3 is 5.73 Å². The molecule has 5 nitrogen and oxygen atoms in total. The second-order valence-electron chi connectivity index (χ2n) is 3.39. The van der Waals surface area contributed by atoms with Crippen molar-refractivity contribution >= 4 is 29.3 Å². The quantitative estimate of drug-likeness (QED) is 0.759. The number of carbonyl (C=O) groups is 2. The minimum Gasteiger partial charge on any atom is -0.383 e. The van der Waals surface area contributed by atoms with Crippen molar-refractivity contribution in [1.82, 2.24) is 9.97 Å². The third kappa shape index (κ3) is 1.52. The van der Waals surface area contributed by atoms with Gasteiger partial charge in [0.25, 0.3) is 0 Å². The predicted molar refractivity (Wildman–Crippen MR) is 59.5 cm³/mol. The standard InChI is InChI=1S/C11H9N3O2/c1-6-13-10-3-8(5-16)7(4-15)2-9(10)11(12)14-6/h2-5H,1H3,(H2,12,13,14). The van der Waals surface area contributed by atoms with Crippen molar-refractivity contribution in [2.75, 3.05) is 5.73 Å². The normalized spacial score (nSPS) is 10.3. The van der Waals surface area contributed by atoms with Crippen molar-refractivity contribution in [3.8, 4) is 0 Å². The minimum absolute atomic E-state index is 0.293. The van der Waals surface area contributed by atoms with Crippen LogP contribution in [0.3, 0.4) is 0 Å². The van der Waals surface area contributed by atoms with Crippen LogP contribution in [0.2, 0.25) is 0 Å². The van der Waals surface area contributed by atoms with E-state index in [1.165, 1.54) is 12.1 Å². The monoisotopic (exact) mass is 215 g/mol. The Morgan fingerprint density at radius 1 is 1.12 bits per heavy atom. The number of nitrogen functional groups attached to an aromatic ring is 1. The summed E-state index contributed by atoms with van der Waals surface area (Å²) in [7, 11) is 0. The molecule has 1 heterocycles. The van der Waals surface area contributed by atoms with Crippen molar-refractivity contribution < 1.29 is 9.59 Å². The molecule has 2 aromatic rings. The van der Waals surface area contributed by atoms with Gasteiger partial charge in [-0.25, -0.2) is 9.97 Å². The number of fused-ring (bicyclic) bond motifs is 1. The van der Waals surface area contributed by atoms with Crippen LogP contribution in [0.15, 0.2) is 12.1 Å². The Hall–Kier alpha value is -2.30. The number of rotatable bonds is 2. The van der Waals surface area contributed by atoms with Crippen molar-refractivity contribution in [2.45, 2.75) is 6.92 Å². The van der Waals surface area contributed by atoms with Crippen LogP contribution in [0.5, 0.6) is 0 Å². The Bertz CT molecular complexity index is 593. The molecule has 1 aromatic heterocycles. The zero-order valence-corrected chi connectivity index (χ0v) is 8.60. The molecule has 2 N–H and O–H groups in total. The molecule has 2 rings (SSSR count). The number of nitrogens with two attached hydrogens (primary N) is 1. The van der Waals surface area contributed by atoms with Gasteiger partial charge in [-0.2, -0.15) is 0 Å². The van der Waals surface area contributed by atoms with E-state index in [0.29, 0.717) is 46.2 Å². The molecule has 1 aromatic carbocycles. The van der Waals surface area contributed by atoms with Crippen molar-refractivity contribution in [1.29, 1.82) is 0 Å². The fourth-order valence-corrected chi connectivity index (χ4v) is 1.56. The number of nitrogens with zero attached hydrogens (tertiary/aromatic N) is 2. The Labute approximate surface area is 91.3 Å². The van der Waals surface area contributed by atoms with Crippen LogP contribution in [0.4, 0.5) is 5.82 Å². The summed E-state index contributed by atoms with van der Waals surface area (Å²) in [6.45, 7) is 1.71. The van der Waals surface area contributed by atoms with Gasteiger partial charge in [0.2, 0.25) is 0 Å². The molecule has 0 radical (unpaired) electrons. The van der Waals surface area contributed by atoms with Gasteiger partial charge in [-0.1, -0.05) is 0 Å². The molecule has 0 fully saturated rings. The number of aryl methyl sites for hydroxylation is 1. The number of hydrogen-bond acceptors (Lipinski definition) is 5. The fourth-order valence-electron chi connectivity index (χ4n) is 1.56. The maximum absolute atomic E-state index is 10.8. The highest BCUT2D eigenvalue weighted by Crippen LogP contribution is 2.21. The summed E-state index contributed by atoms with van der Waals surface area (Å²) in [4.78, 5) is 29.7. The highest BCUT2D eigenvalue weighted by atomic mass is 16.1. The first-order valence-electron chi connectivity index (χ1n) is 4.64. The van der Waals surface area contributed by atoms with Gasteiger partial charge in [0.05, 0.1) is 5.52 Å². The average Bonchev–Trinajstić information content (AvgIpc) is 2.27. The van der Waals surface area contributed by atoms with Crippen molar-refractivity contribution in [2.24, 2.45) is 0 Å². The Kier molecular flexibility index (Phi) is 2.36. The summed E-state index contributed by atoms with van der Waals surface area (Å²) < 4.78 is 0. The molecule has 0 aliphatic rings. The van der Waals surface area contributed by atoms with E-state index >= 15 is 0 Å². The summed E-state index contributed by atoms with van der Waals surface area (Å²) in [5.41, 5.74) is 6.88. The maximum atomic E-state index is 10.8. The Balaban J connectivity index is 2.88. The zero-order chi connectivity index (χ0) is 11.7. The lowest BCUT2D eigenvalue weighted by atomic mass is 10.1. The molecule has 0 atom stereocenters. The van der Waals surface area contributed by atoms with Crippen molar-refractivity contribution in [3.63, 3.8) is 0 Å². The highest BCUT2D eigenvalue weighted by molar-refractivity contribution is 6.00. The number of aromatic nitrogens is 2. The molecule has 5 heteroatoms. The van der Waals surface area contributed by atoms with E-state index in [9.17, 15) is 9.59 Å². The Morgan fingerprint density at radius 3 is 2.38 bits per heavy atom. The van der Waals surface area contributed by atoms with Gasteiger partial charge >= 0.3 is 0 Å². The molecular weight excluding hydrogens is 206 g/mol. The molecular formula is C11H9N3O2.